The van der Waals surface area contributed by atoms with Crippen LogP contribution >= 0.6 is 0 Å². The molecule has 10 rings (SSSR count). The predicted octanol–water partition coefficient (Wildman–Crippen LogP) is 4.70. The zero-order chi connectivity index (χ0) is 65.3. The van der Waals surface area contributed by atoms with Gasteiger partial charge in [0.2, 0.25) is 23.6 Å². The molecule has 5 aromatic carbocycles. The molecule has 0 radical (unpaired) electrons. The number of para-hydroxylation sites is 2. The Kier molecular flexibility index (Phi) is 22.9. The number of benzene rings is 5. The van der Waals surface area contributed by atoms with Gasteiger partial charge in [-0.3, -0.25) is 28.8 Å². The quantitative estimate of drug-likeness (QED) is 0.0456. The first-order chi connectivity index (χ1) is 44.4. The van der Waals surface area contributed by atoms with E-state index in [1.165, 1.54) is 25.3 Å². The zero-order valence-electron chi connectivity index (χ0n) is 51.3. The number of amides is 8. The van der Waals surface area contributed by atoms with Gasteiger partial charge in [0.05, 0.1) is 68.9 Å². The molecule has 3 aliphatic rings. The number of nitrogens with one attached hydrogen (secondary N) is 4. The summed E-state index contributed by atoms with van der Waals surface area (Å²) in [5, 5.41) is 42.3. The second-order valence-corrected chi connectivity index (χ2v) is 23.3. The SMILES string of the molecule is COC(=O)N1C[C@@H]2CCCC[C@@H]2CN1CC(O)[C@H](Cc1ccccc1)NC(=O)[C@@H](CC(N)=O)NC(=O)c1ccc2ccccc2n1.COC(=O)N1Cc2ccccc2CN1CC(O)[C@H](Cc1ccccc1)NC(=O)[C@@H](CC(N)=O)NC(=O)c1ccc2ccccc2n1. The van der Waals surface area contributed by atoms with E-state index in [1.807, 2.05) is 114 Å². The molecule has 24 nitrogen and oxygen atoms in total. The monoisotopic (exact) mass is 1250 g/mol. The standard InChI is InChI=1S/C34H42N6O6.C34H36N6O6/c2*1-46-34(45)40-20-25-13-6-5-12-24(25)19-39(40)21-30(41)28(17-22-9-3-2-4-10-22)37-33(44)29(18-31(35)42)38-32(43)27-16-15-23-11-7-8-14-26(23)36-27/h2-4,7-11,14-16,24-25,28-30,41H,5-6,12-13,17-21H2,1H3,(H2,35,42)(H,37,44)(H,38,43);2-16,28-30,41H,17-21H2,1H3,(H2,35,42)(H,37,44)(H,38,43)/t24-,25+,28+,29-,30?;28-,29+,30?/m10/s1. The average molecular weight is 1260 g/mol. The Morgan fingerprint density at radius 3 is 1.38 bits per heavy atom. The van der Waals surface area contributed by atoms with Gasteiger partial charge in [-0.2, -0.15) is 0 Å². The van der Waals surface area contributed by atoms with E-state index in [4.69, 9.17) is 20.9 Å². The van der Waals surface area contributed by atoms with Crippen molar-refractivity contribution in [1.82, 2.24) is 51.3 Å². The number of hydrazine groups is 2. The summed E-state index contributed by atoms with van der Waals surface area (Å²) in [7, 11) is 2.62. The highest BCUT2D eigenvalue weighted by Gasteiger charge is 2.41. The molecular formula is C68H78N12O12. The van der Waals surface area contributed by atoms with Crippen LogP contribution in [0, 0.1) is 11.8 Å². The highest BCUT2D eigenvalue weighted by Crippen LogP contribution is 2.36. The van der Waals surface area contributed by atoms with E-state index < -0.39 is 96.8 Å². The topological polar surface area (TPSA) is 334 Å². The largest absolute Gasteiger partial charge is 0.452 e. The van der Waals surface area contributed by atoms with Crippen LogP contribution in [-0.4, -0.2) is 165 Å². The first-order valence-electron chi connectivity index (χ1n) is 30.7. The first-order valence-corrected chi connectivity index (χ1v) is 30.7. The minimum atomic E-state index is -1.34. The number of β-amino-alcohol motifs (C(OH)–C–C–N with tert-alkyl or cyclic N) is 2. The predicted molar refractivity (Wildman–Crippen MR) is 341 cm³/mol. The highest BCUT2D eigenvalue weighted by molar-refractivity contribution is 6.00. The Morgan fingerprint density at radius 2 is 0.913 bits per heavy atom. The van der Waals surface area contributed by atoms with Crippen molar-refractivity contribution in [1.29, 1.82) is 0 Å². The van der Waals surface area contributed by atoms with Crippen LogP contribution < -0.4 is 32.7 Å². The molecule has 8 atom stereocenters. The maximum Gasteiger partial charge on any atom is 0.424 e. The van der Waals surface area contributed by atoms with Crippen molar-refractivity contribution < 1.29 is 58.0 Å². The number of rotatable bonds is 22. The summed E-state index contributed by atoms with van der Waals surface area (Å²) >= 11 is 0. The number of fused-ring (bicyclic) bond motifs is 4. The van der Waals surface area contributed by atoms with Gasteiger partial charge < -0.3 is 52.4 Å². The van der Waals surface area contributed by atoms with Gasteiger partial charge >= 0.3 is 12.2 Å². The molecule has 2 aromatic heterocycles. The number of ether oxygens (including phenoxy) is 2. The summed E-state index contributed by atoms with van der Waals surface area (Å²) in [6.07, 6.45) is 0.520. The lowest BCUT2D eigenvalue weighted by atomic mass is 9.77. The lowest BCUT2D eigenvalue weighted by Crippen LogP contribution is -2.61. The number of hydrogen-bond donors (Lipinski definition) is 8. The third kappa shape index (κ3) is 17.7. The van der Waals surface area contributed by atoms with Crippen LogP contribution in [0.5, 0.6) is 0 Å². The molecule has 4 heterocycles. The molecule has 2 unspecified atom stereocenters. The minimum Gasteiger partial charge on any atom is -0.452 e. The van der Waals surface area contributed by atoms with Crippen molar-refractivity contribution in [3.8, 4) is 0 Å². The molecule has 0 spiro atoms. The van der Waals surface area contributed by atoms with Crippen LogP contribution in [0.15, 0.2) is 158 Å². The van der Waals surface area contributed by atoms with Crippen LogP contribution in [0.3, 0.4) is 0 Å². The van der Waals surface area contributed by atoms with E-state index in [1.54, 1.807) is 52.5 Å². The van der Waals surface area contributed by atoms with Crippen molar-refractivity contribution in [2.45, 2.75) is 101 Å². The summed E-state index contributed by atoms with van der Waals surface area (Å²) < 4.78 is 10.1. The number of aliphatic hydroxyl groups is 2. The van der Waals surface area contributed by atoms with E-state index in [0.29, 0.717) is 42.5 Å². The summed E-state index contributed by atoms with van der Waals surface area (Å²) in [5.41, 5.74) is 15.9. The number of aromatic nitrogens is 2. The van der Waals surface area contributed by atoms with Gasteiger partial charge in [-0.05, 0) is 84.0 Å². The van der Waals surface area contributed by atoms with E-state index in [0.717, 1.165) is 58.7 Å². The molecule has 482 valence electrons. The Bertz CT molecular complexity index is 3730. The van der Waals surface area contributed by atoms with Crippen molar-refractivity contribution in [2.75, 3.05) is 40.4 Å². The van der Waals surface area contributed by atoms with Crippen molar-refractivity contribution in [3.63, 3.8) is 0 Å². The Labute approximate surface area is 532 Å². The molecule has 1 saturated heterocycles. The zero-order valence-corrected chi connectivity index (χ0v) is 51.3. The number of carbonyl (C=O) groups is 8. The normalized spacial score (nSPS) is 17.5. The fourth-order valence-electron chi connectivity index (χ4n) is 12.0. The van der Waals surface area contributed by atoms with Crippen molar-refractivity contribution in [2.24, 2.45) is 23.3 Å². The molecule has 8 amide bonds. The molecule has 1 saturated carbocycles. The summed E-state index contributed by atoms with van der Waals surface area (Å²) in [6.45, 7) is 1.70. The van der Waals surface area contributed by atoms with E-state index in [2.05, 4.69) is 31.2 Å². The number of primary amides is 2. The van der Waals surface area contributed by atoms with Gasteiger partial charge in [0.25, 0.3) is 11.8 Å². The van der Waals surface area contributed by atoms with Crippen LogP contribution in [-0.2, 0) is 54.6 Å². The summed E-state index contributed by atoms with van der Waals surface area (Å²) in [6, 6.07) is 43.1. The van der Waals surface area contributed by atoms with Gasteiger partial charge in [0.15, 0.2) is 0 Å². The number of methoxy groups -OCH3 is 2. The lowest BCUT2D eigenvalue weighted by Gasteiger charge is -2.48. The minimum absolute atomic E-state index is 0.0327. The van der Waals surface area contributed by atoms with Gasteiger partial charge in [0.1, 0.15) is 23.5 Å². The Morgan fingerprint density at radius 1 is 0.500 bits per heavy atom. The number of aliphatic hydroxyl groups excluding tert-OH is 2. The summed E-state index contributed by atoms with van der Waals surface area (Å²) in [5.74, 6) is -3.50. The fourth-order valence-corrected chi connectivity index (χ4v) is 12.0. The maximum absolute atomic E-state index is 13.7. The molecule has 10 N–H and O–H groups in total. The molecule has 0 bridgehead atoms. The third-order valence-electron chi connectivity index (χ3n) is 16.9. The van der Waals surface area contributed by atoms with Crippen LogP contribution in [0.25, 0.3) is 21.8 Å². The number of carbonyl (C=O) groups excluding carboxylic acids is 8. The maximum atomic E-state index is 13.7. The van der Waals surface area contributed by atoms with Gasteiger partial charge in [0, 0.05) is 43.5 Å². The lowest BCUT2D eigenvalue weighted by molar-refractivity contribution is -0.129. The molecule has 92 heavy (non-hydrogen) atoms. The average Bonchev–Trinajstić information content (AvgIpc) is 0.906. The van der Waals surface area contributed by atoms with Crippen molar-refractivity contribution >= 4 is 69.4 Å². The van der Waals surface area contributed by atoms with Crippen LogP contribution in [0.1, 0.15) is 81.8 Å². The number of nitrogens with two attached hydrogens (primary N) is 2. The van der Waals surface area contributed by atoms with Gasteiger partial charge in [-0.15, -0.1) is 0 Å². The second kappa shape index (κ2) is 31.7. The van der Waals surface area contributed by atoms with E-state index in [9.17, 15) is 48.6 Å². The fraction of sp³-hybridized carbons (Fsp3) is 0.353. The number of hydrogen-bond acceptors (Lipinski definition) is 16. The summed E-state index contributed by atoms with van der Waals surface area (Å²) in [4.78, 5) is 112. The molecule has 2 fully saturated rings. The second-order valence-electron chi connectivity index (χ2n) is 23.3. The van der Waals surface area contributed by atoms with Crippen molar-refractivity contribution in [3.05, 3.63) is 191 Å². The van der Waals surface area contributed by atoms with Crippen LogP contribution in [0.2, 0.25) is 0 Å². The van der Waals surface area contributed by atoms with Gasteiger partial charge in [-0.1, -0.05) is 146 Å². The van der Waals surface area contributed by atoms with E-state index >= 15 is 0 Å². The molecular weight excluding hydrogens is 1180 g/mol. The molecule has 24 heteroatoms. The van der Waals surface area contributed by atoms with E-state index in [-0.39, 0.29) is 43.9 Å². The van der Waals surface area contributed by atoms with Crippen LogP contribution in [0.4, 0.5) is 9.59 Å². The third-order valence-corrected chi connectivity index (χ3v) is 16.9. The molecule has 1 aliphatic carbocycles. The smallest absolute Gasteiger partial charge is 0.424 e. The molecule has 2 aliphatic heterocycles. The first kappa shape index (κ1) is 66.5. The molecule has 7 aromatic rings. The van der Waals surface area contributed by atoms with Gasteiger partial charge in [-0.25, -0.2) is 39.6 Å². The Balaban J connectivity index is 0.000000217. The Hall–Kier alpha value is -9.88. The number of pyridine rings is 2. The highest BCUT2D eigenvalue weighted by atomic mass is 16.6. The number of nitrogens with zero attached hydrogens (tertiary/aromatic N) is 6.